The summed E-state index contributed by atoms with van der Waals surface area (Å²) in [5.74, 6) is -1.33. The molecule has 1 aromatic carbocycles. The zero-order valence-electron chi connectivity index (χ0n) is 19.8. The third-order valence-electron chi connectivity index (χ3n) is 6.13. The number of aliphatic hydroxyl groups is 2. The fourth-order valence-electron chi connectivity index (χ4n) is 4.03. The van der Waals surface area contributed by atoms with Crippen molar-refractivity contribution in [3.05, 3.63) is 46.0 Å². The van der Waals surface area contributed by atoms with E-state index in [1.807, 2.05) is 0 Å². The van der Waals surface area contributed by atoms with E-state index in [9.17, 15) is 33.5 Å². The quantitative estimate of drug-likeness (QED) is 0.142. The zero-order chi connectivity index (χ0) is 28.6. The molecule has 19 heteroatoms. The van der Waals surface area contributed by atoms with Crippen LogP contribution in [0.4, 0.5) is 11.5 Å². The van der Waals surface area contributed by atoms with Crippen molar-refractivity contribution >= 4 is 50.3 Å². The number of hydrogen-bond donors (Lipinski definition) is 5. The van der Waals surface area contributed by atoms with Gasteiger partial charge in [-0.2, -0.15) is 4.31 Å². The number of imidazole rings is 1. The molecule has 0 bridgehead atoms. The molecule has 0 amide bonds. The van der Waals surface area contributed by atoms with Gasteiger partial charge in [0.25, 0.3) is 5.69 Å². The van der Waals surface area contributed by atoms with Crippen LogP contribution in [0.2, 0.25) is 5.02 Å². The van der Waals surface area contributed by atoms with Crippen LogP contribution in [-0.4, -0.2) is 95.9 Å². The van der Waals surface area contributed by atoms with Gasteiger partial charge in [0.15, 0.2) is 17.7 Å². The van der Waals surface area contributed by atoms with E-state index in [4.69, 9.17) is 32.9 Å². The van der Waals surface area contributed by atoms with E-state index in [1.165, 1.54) is 10.9 Å². The number of ether oxygens (including phenoxy) is 1. The number of nitro benzene ring substituents is 1. The molecule has 3 heterocycles. The van der Waals surface area contributed by atoms with Gasteiger partial charge < -0.3 is 31.5 Å². The summed E-state index contributed by atoms with van der Waals surface area (Å²) in [7, 11) is -4.63. The number of halogens is 1. The summed E-state index contributed by atoms with van der Waals surface area (Å²) in [6, 6.07) is 1.36. The number of hydrogen-bond acceptors (Lipinski definition) is 13. The molecule has 0 spiro atoms. The van der Waals surface area contributed by atoms with Crippen molar-refractivity contribution in [2.24, 2.45) is 5.73 Å². The number of nitrogens with two attached hydrogens (primary N) is 2. The third kappa shape index (κ3) is 5.48. The average molecular weight is 587 g/mol. The number of aromatic nitrogens is 4. The van der Waals surface area contributed by atoms with Crippen molar-refractivity contribution in [3.63, 3.8) is 0 Å². The first-order valence-electron chi connectivity index (χ1n) is 11.2. The number of benzene rings is 1. The first-order chi connectivity index (χ1) is 18.3. The Morgan fingerprint density at radius 1 is 1.28 bits per heavy atom. The van der Waals surface area contributed by atoms with E-state index < -0.39 is 75.2 Å². The van der Waals surface area contributed by atoms with E-state index in [2.05, 4.69) is 15.0 Å². The van der Waals surface area contributed by atoms with Crippen molar-refractivity contribution in [2.75, 3.05) is 18.8 Å². The maximum atomic E-state index is 13.6. The molecule has 0 radical (unpaired) electrons. The van der Waals surface area contributed by atoms with Crippen LogP contribution >= 0.6 is 11.6 Å². The number of rotatable bonds is 10. The van der Waals surface area contributed by atoms with E-state index in [0.29, 0.717) is 0 Å². The molecule has 1 saturated heterocycles. The van der Waals surface area contributed by atoms with Crippen LogP contribution in [0.15, 0.2) is 35.7 Å². The Hall–Kier alpha value is -3.52. The van der Waals surface area contributed by atoms with Gasteiger partial charge >= 0.3 is 5.97 Å². The van der Waals surface area contributed by atoms with E-state index in [1.54, 1.807) is 0 Å². The number of fused-ring (bicyclic) bond motifs is 1. The highest BCUT2D eigenvalue weighted by Crippen LogP contribution is 2.34. The van der Waals surface area contributed by atoms with Crippen molar-refractivity contribution in [2.45, 2.75) is 41.9 Å². The molecule has 1 aliphatic heterocycles. The lowest BCUT2D eigenvalue weighted by Crippen LogP contribution is -2.45. The van der Waals surface area contributed by atoms with E-state index in [-0.39, 0.29) is 28.4 Å². The monoisotopic (exact) mass is 586 g/mol. The van der Waals surface area contributed by atoms with Gasteiger partial charge in [-0.15, -0.1) is 0 Å². The van der Waals surface area contributed by atoms with Crippen LogP contribution in [0.1, 0.15) is 12.6 Å². The molecule has 5 atom stereocenters. The van der Waals surface area contributed by atoms with Crippen molar-refractivity contribution in [1.82, 2.24) is 23.8 Å². The minimum atomic E-state index is -4.63. The Morgan fingerprint density at radius 3 is 2.67 bits per heavy atom. The molecular weight excluding hydrogens is 564 g/mol. The van der Waals surface area contributed by atoms with Gasteiger partial charge in [-0.3, -0.25) is 19.5 Å². The Bertz CT molecular complexity index is 1520. The molecule has 0 unspecified atom stereocenters. The second-order valence-corrected chi connectivity index (χ2v) is 10.9. The molecule has 0 aliphatic carbocycles. The number of aliphatic hydroxyl groups excluding tert-OH is 2. The van der Waals surface area contributed by atoms with E-state index in [0.717, 1.165) is 28.8 Å². The summed E-state index contributed by atoms with van der Waals surface area (Å²) in [4.78, 5) is 33.0. The van der Waals surface area contributed by atoms with Crippen molar-refractivity contribution in [3.8, 4) is 0 Å². The zero-order valence-corrected chi connectivity index (χ0v) is 21.4. The number of carboxylic acid groups (broad SMARTS) is 1. The van der Waals surface area contributed by atoms with Gasteiger partial charge in [0.1, 0.15) is 41.1 Å². The van der Waals surface area contributed by atoms with Crippen molar-refractivity contribution in [1.29, 1.82) is 0 Å². The fourth-order valence-corrected chi connectivity index (χ4v) is 5.99. The number of nitro groups is 1. The molecule has 0 saturated carbocycles. The SMILES string of the molecule is Nc1ncnc2c1ncn2[C@@H]1O[C@H](CN(CC[C@H](N)C(=O)O)S(=O)(=O)c2cc([N+](=O)[O-])ccc2Cl)[C@@H](O)[C@H]1O. The summed E-state index contributed by atoms with van der Waals surface area (Å²) < 4.78 is 35.0. The number of carboxylic acids is 1. The standard InChI is InChI=1S/C20H23ClN8O9S/c21-10-2-1-9(29(34)35)5-13(10)39(36,37)27(4-3-11(22)20(32)33)6-12-15(30)16(31)19(38-12)28-8-26-14-17(23)24-7-25-18(14)28/h1-2,5,7-8,11-12,15-16,19,30-31H,3-4,6,22H2,(H,32,33)(H2,23,24,25)/t11-,12+,15+,16+,19+/m0/s1. The maximum Gasteiger partial charge on any atom is 0.320 e. The lowest BCUT2D eigenvalue weighted by atomic mass is 10.1. The maximum absolute atomic E-state index is 13.6. The number of aliphatic carboxylic acids is 1. The Labute approximate surface area is 224 Å². The predicted octanol–water partition coefficient (Wildman–Crippen LogP) is -0.918. The predicted molar refractivity (Wildman–Crippen MR) is 133 cm³/mol. The van der Waals surface area contributed by atoms with Gasteiger partial charge in [-0.25, -0.2) is 23.4 Å². The average Bonchev–Trinajstić information content (AvgIpc) is 3.43. The lowest BCUT2D eigenvalue weighted by molar-refractivity contribution is -0.385. The number of nitrogens with zero attached hydrogens (tertiary/aromatic N) is 6. The number of sulfonamides is 1. The van der Waals surface area contributed by atoms with Gasteiger partial charge in [0.2, 0.25) is 10.0 Å². The highest BCUT2D eigenvalue weighted by Gasteiger charge is 2.46. The first-order valence-corrected chi connectivity index (χ1v) is 13.0. The Kier molecular flexibility index (Phi) is 7.98. The number of non-ortho nitro benzene ring substituents is 1. The normalized spacial score (nSPS) is 22.4. The van der Waals surface area contributed by atoms with Crippen LogP contribution in [0.5, 0.6) is 0 Å². The topological polar surface area (TPSA) is 263 Å². The summed E-state index contributed by atoms with van der Waals surface area (Å²) >= 11 is 6.07. The van der Waals surface area contributed by atoms with Crippen LogP contribution in [0.25, 0.3) is 11.2 Å². The largest absolute Gasteiger partial charge is 0.480 e. The van der Waals surface area contributed by atoms with Crippen LogP contribution < -0.4 is 11.5 Å². The minimum Gasteiger partial charge on any atom is -0.480 e. The summed E-state index contributed by atoms with van der Waals surface area (Å²) in [5.41, 5.74) is 11.2. The highest BCUT2D eigenvalue weighted by molar-refractivity contribution is 7.89. The fraction of sp³-hybridized carbons (Fsp3) is 0.400. The molecule has 39 heavy (non-hydrogen) atoms. The van der Waals surface area contributed by atoms with Crippen LogP contribution in [0, 0.1) is 10.1 Å². The van der Waals surface area contributed by atoms with Gasteiger partial charge in [-0.05, 0) is 12.5 Å². The molecule has 1 aliphatic rings. The molecular formula is C20H23ClN8O9S. The van der Waals surface area contributed by atoms with Crippen LogP contribution in [-0.2, 0) is 19.6 Å². The van der Waals surface area contributed by atoms with Gasteiger partial charge in [0.05, 0.1) is 16.3 Å². The van der Waals surface area contributed by atoms with Gasteiger partial charge in [0, 0.05) is 25.2 Å². The van der Waals surface area contributed by atoms with Gasteiger partial charge in [-0.1, -0.05) is 11.6 Å². The van der Waals surface area contributed by atoms with E-state index >= 15 is 0 Å². The summed E-state index contributed by atoms with van der Waals surface area (Å²) in [5, 5.41) is 41.5. The van der Waals surface area contributed by atoms with Crippen molar-refractivity contribution < 1.29 is 38.2 Å². The van der Waals surface area contributed by atoms with Crippen LogP contribution in [0.3, 0.4) is 0 Å². The minimum absolute atomic E-state index is 0.0595. The molecule has 1 fully saturated rings. The number of nitrogen functional groups attached to an aromatic ring is 1. The molecule has 4 rings (SSSR count). The highest BCUT2D eigenvalue weighted by atomic mass is 35.5. The Balaban J connectivity index is 1.67. The summed E-state index contributed by atoms with van der Waals surface area (Å²) in [6.07, 6.45) is -3.77. The Morgan fingerprint density at radius 2 is 2.00 bits per heavy atom. The molecule has 2 aromatic heterocycles. The molecule has 210 valence electrons. The molecule has 3 aromatic rings. The first kappa shape index (κ1) is 28.5. The summed E-state index contributed by atoms with van der Waals surface area (Å²) in [6.45, 7) is -1.09. The second-order valence-electron chi connectivity index (χ2n) is 8.60. The number of carbonyl (C=O) groups is 1. The second kappa shape index (κ2) is 10.9. The smallest absolute Gasteiger partial charge is 0.320 e. The lowest BCUT2D eigenvalue weighted by Gasteiger charge is -2.27. The third-order valence-corrected chi connectivity index (χ3v) is 8.48. The molecule has 17 nitrogen and oxygen atoms in total. The number of anilines is 1. The molecule has 7 N–H and O–H groups in total.